The second-order valence-corrected chi connectivity index (χ2v) is 5.70. The Morgan fingerprint density at radius 3 is 2.62 bits per heavy atom. The van der Waals surface area contributed by atoms with Crippen LogP contribution in [0.25, 0.3) is 0 Å². The van der Waals surface area contributed by atoms with E-state index in [1.807, 2.05) is 36.0 Å². The number of hydrogen-bond acceptors (Lipinski definition) is 4. The van der Waals surface area contributed by atoms with Crippen molar-refractivity contribution in [1.82, 2.24) is 20.4 Å². The molecule has 2 N–H and O–H groups in total. The van der Waals surface area contributed by atoms with Crippen LogP contribution in [0.5, 0.6) is 0 Å². The Balaban J connectivity index is 0.00000338. The van der Waals surface area contributed by atoms with Crippen molar-refractivity contribution in [2.75, 3.05) is 20.7 Å². The van der Waals surface area contributed by atoms with Crippen molar-refractivity contribution in [3.05, 3.63) is 53.9 Å². The third-order valence-electron chi connectivity index (χ3n) is 3.86. The highest BCUT2D eigenvalue weighted by atomic mass is 127. The first-order chi connectivity index (χ1) is 12.1. The molecule has 0 radical (unpaired) electrons. The van der Waals surface area contributed by atoms with Gasteiger partial charge in [-0.05, 0) is 17.2 Å². The number of aliphatic imine (C=N–C) groups is 1. The zero-order valence-electron chi connectivity index (χ0n) is 15.3. The van der Waals surface area contributed by atoms with Crippen LogP contribution in [-0.4, -0.2) is 42.4 Å². The highest BCUT2D eigenvalue weighted by Gasteiger charge is 2.13. The lowest BCUT2D eigenvalue weighted by Gasteiger charge is -2.16. The van der Waals surface area contributed by atoms with Gasteiger partial charge in [-0.2, -0.15) is 5.10 Å². The molecule has 142 valence electrons. The first-order valence-electron chi connectivity index (χ1n) is 8.20. The number of methoxy groups -OCH3 is 1. The lowest BCUT2D eigenvalue weighted by molar-refractivity contribution is -0.144. The van der Waals surface area contributed by atoms with Crippen molar-refractivity contribution in [2.24, 2.45) is 10.9 Å². The lowest BCUT2D eigenvalue weighted by Crippen LogP contribution is -2.40. The molecule has 0 aliphatic rings. The summed E-state index contributed by atoms with van der Waals surface area (Å²) in [5.41, 5.74) is 2.36. The average molecular weight is 471 g/mol. The first-order valence-corrected chi connectivity index (χ1v) is 8.20. The monoisotopic (exact) mass is 471 g/mol. The van der Waals surface area contributed by atoms with E-state index in [9.17, 15) is 4.79 Å². The molecule has 0 fully saturated rings. The maximum Gasteiger partial charge on any atom is 0.310 e. The minimum Gasteiger partial charge on any atom is -0.469 e. The zero-order chi connectivity index (χ0) is 18.1. The number of esters is 1. The Morgan fingerprint density at radius 2 is 2.00 bits per heavy atom. The Bertz CT molecular complexity index is 703. The highest BCUT2D eigenvalue weighted by Crippen LogP contribution is 2.10. The van der Waals surface area contributed by atoms with Gasteiger partial charge in [-0.1, -0.05) is 31.2 Å². The van der Waals surface area contributed by atoms with E-state index in [0.29, 0.717) is 19.0 Å². The molecule has 1 aromatic heterocycles. The number of hydrogen-bond donors (Lipinski definition) is 2. The fourth-order valence-corrected chi connectivity index (χ4v) is 2.39. The summed E-state index contributed by atoms with van der Waals surface area (Å²) >= 11 is 0. The second-order valence-electron chi connectivity index (χ2n) is 5.70. The molecule has 1 heterocycles. The minimum absolute atomic E-state index is 0. The van der Waals surface area contributed by atoms with Crippen molar-refractivity contribution in [3.8, 4) is 0 Å². The molecule has 1 aromatic carbocycles. The molecule has 26 heavy (non-hydrogen) atoms. The van der Waals surface area contributed by atoms with E-state index in [4.69, 9.17) is 4.74 Å². The van der Waals surface area contributed by atoms with Crippen molar-refractivity contribution in [3.63, 3.8) is 0 Å². The lowest BCUT2D eigenvalue weighted by atomic mass is 10.1. The number of guanidine groups is 1. The number of nitrogens with zero attached hydrogens (tertiary/aromatic N) is 3. The van der Waals surface area contributed by atoms with E-state index in [2.05, 4.69) is 32.9 Å². The first kappa shape index (κ1) is 21.9. The number of halogens is 1. The average Bonchev–Trinajstić information content (AvgIpc) is 3.15. The van der Waals surface area contributed by atoms with Crippen LogP contribution in [0.1, 0.15) is 18.1 Å². The van der Waals surface area contributed by atoms with Gasteiger partial charge in [-0.3, -0.25) is 14.5 Å². The van der Waals surface area contributed by atoms with Crippen LogP contribution in [0.2, 0.25) is 0 Å². The van der Waals surface area contributed by atoms with Crippen LogP contribution >= 0.6 is 24.0 Å². The maximum atomic E-state index is 11.5. The van der Waals surface area contributed by atoms with Gasteiger partial charge in [0.2, 0.25) is 0 Å². The third-order valence-corrected chi connectivity index (χ3v) is 3.86. The third kappa shape index (κ3) is 6.66. The summed E-state index contributed by atoms with van der Waals surface area (Å²) in [6.45, 7) is 3.62. The highest BCUT2D eigenvalue weighted by molar-refractivity contribution is 14.0. The Kier molecular flexibility index (Phi) is 9.71. The fraction of sp³-hybridized carbons (Fsp3) is 0.389. The second kappa shape index (κ2) is 11.5. The normalized spacial score (nSPS) is 12.0. The molecule has 2 aromatic rings. The quantitative estimate of drug-likeness (QED) is 0.280. The molecule has 0 aliphatic heterocycles. The van der Waals surface area contributed by atoms with Gasteiger partial charge in [0.1, 0.15) is 0 Å². The SMILES string of the molecule is CN=C(NCc1ccccc1Cn1cccn1)NCC(C)C(=O)OC.I. The number of rotatable bonds is 7. The van der Waals surface area contributed by atoms with Gasteiger partial charge in [0.15, 0.2) is 5.96 Å². The van der Waals surface area contributed by atoms with Crippen molar-refractivity contribution in [1.29, 1.82) is 0 Å². The fourth-order valence-electron chi connectivity index (χ4n) is 2.39. The van der Waals surface area contributed by atoms with Gasteiger partial charge in [0, 0.05) is 32.5 Å². The molecule has 0 spiro atoms. The molecule has 7 nitrogen and oxygen atoms in total. The molecule has 1 unspecified atom stereocenters. The Morgan fingerprint density at radius 1 is 1.27 bits per heavy atom. The molecule has 8 heteroatoms. The zero-order valence-corrected chi connectivity index (χ0v) is 17.6. The molecule has 1 atom stereocenters. The number of benzene rings is 1. The molecule has 0 bridgehead atoms. The summed E-state index contributed by atoms with van der Waals surface area (Å²) in [6, 6.07) is 10.1. The molecule has 0 amide bonds. The molecule has 0 saturated heterocycles. The predicted octanol–water partition coefficient (Wildman–Crippen LogP) is 2.02. The molecular weight excluding hydrogens is 445 g/mol. The summed E-state index contributed by atoms with van der Waals surface area (Å²) in [5, 5.41) is 10.7. The van der Waals surface area contributed by atoms with Crippen LogP contribution in [0.15, 0.2) is 47.7 Å². The largest absolute Gasteiger partial charge is 0.469 e. The van der Waals surface area contributed by atoms with Crippen molar-refractivity contribution >= 4 is 35.9 Å². The van der Waals surface area contributed by atoms with Gasteiger partial charge in [-0.15, -0.1) is 24.0 Å². The summed E-state index contributed by atoms with van der Waals surface area (Å²) in [6.07, 6.45) is 3.72. The van der Waals surface area contributed by atoms with Gasteiger partial charge in [0.25, 0.3) is 0 Å². The molecule has 0 aliphatic carbocycles. The number of carbonyl (C=O) groups is 1. The number of nitrogens with one attached hydrogen (secondary N) is 2. The van der Waals surface area contributed by atoms with Crippen molar-refractivity contribution < 1.29 is 9.53 Å². The van der Waals surface area contributed by atoms with E-state index < -0.39 is 0 Å². The molecule has 0 saturated carbocycles. The van der Waals surface area contributed by atoms with Gasteiger partial charge in [0.05, 0.1) is 19.6 Å². The van der Waals surface area contributed by atoms with E-state index in [0.717, 1.165) is 6.54 Å². The van der Waals surface area contributed by atoms with Crippen molar-refractivity contribution in [2.45, 2.75) is 20.0 Å². The summed E-state index contributed by atoms with van der Waals surface area (Å²) in [7, 11) is 3.09. The van der Waals surface area contributed by atoms with E-state index in [-0.39, 0.29) is 35.9 Å². The van der Waals surface area contributed by atoms with Crippen LogP contribution in [0.3, 0.4) is 0 Å². The van der Waals surface area contributed by atoms with E-state index in [1.165, 1.54) is 18.2 Å². The maximum absolute atomic E-state index is 11.5. The van der Waals surface area contributed by atoms with Crippen LogP contribution < -0.4 is 10.6 Å². The summed E-state index contributed by atoms with van der Waals surface area (Å²) in [5.74, 6) is 0.160. The van der Waals surface area contributed by atoms with Crippen LogP contribution in [0.4, 0.5) is 0 Å². The van der Waals surface area contributed by atoms with Crippen LogP contribution in [-0.2, 0) is 22.6 Å². The van der Waals surface area contributed by atoms with Gasteiger partial charge < -0.3 is 15.4 Å². The number of carbonyl (C=O) groups excluding carboxylic acids is 1. The number of aromatic nitrogens is 2. The molecule has 2 rings (SSSR count). The van der Waals surface area contributed by atoms with Gasteiger partial charge >= 0.3 is 5.97 Å². The Labute approximate surface area is 171 Å². The van der Waals surface area contributed by atoms with E-state index in [1.54, 1.807) is 13.2 Å². The standard InChI is InChI=1S/C18H25N5O2.HI/c1-14(17(24)25-3)11-20-18(19-2)21-12-15-7-4-5-8-16(15)13-23-10-6-9-22-23;/h4-10,14H,11-13H2,1-3H3,(H2,19,20,21);1H. The Hall–Kier alpha value is -2.10. The molecular formula is C18H26IN5O2. The smallest absolute Gasteiger partial charge is 0.310 e. The topological polar surface area (TPSA) is 80.5 Å². The van der Waals surface area contributed by atoms with E-state index >= 15 is 0 Å². The summed E-state index contributed by atoms with van der Waals surface area (Å²) < 4.78 is 6.62. The van der Waals surface area contributed by atoms with Crippen LogP contribution in [0, 0.1) is 5.92 Å². The minimum atomic E-state index is -0.243. The van der Waals surface area contributed by atoms with Gasteiger partial charge in [-0.25, -0.2) is 0 Å². The predicted molar refractivity (Wildman–Crippen MR) is 113 cm³/mol. The summed E-state index contributed by atoms with van der Waals surface area (Å²) in [4.78, 5) is 15.6. The number of ether oxygens (including phenoxy) is 1.